The number of aliphatic imine (C=N–C) groups is 1. The van der Waals surface area contributed by atoms with E-state index in [4.69, 9.17) is 16.7 Å². The summed E-state index contributed by atoms with van der Waals surface area (Å²) < 4.78 is 0. The number of carbonyl (C=O) groups is 1. The van der Waals surface area contributed by atoms with Gasteiger partial charge in [0.15, 0.2) is 5.96 Å². The van der Waals surface area contributed by atoms with Gasteiger partial charge >= 0.3 is 0 Å². The van der Waals surface area contributed by atoms with Crippen LogP contribution < -0.4 is 16.8 Å². The summed E-state index contributed by atoms with van der Waals surface area (Å²) in [4.78, 5) is 14.1. The van der Waals surface area contributed by atoms with Crippen LogP contribution in [-0.4, -0.2) is 25.0 Å². The molecule has 6 heteroatoms. The molecule has 0 rings (SSSR count). The number of hydrogen-bond acceptors (Lipinski definition) is 3. The molecule has 0 aromatic rings. The van der Waals surface area contributed by atoms with Gasteiger partial charge in [-0.1, -0.05) is 0 Å². The third-order valence-corrected chi connectivity index (χ3v) is 0.770. The zero-order chi connectivity index (χ0) is 8.69. The second-order valence-electron chi connectivity index (χ2n) is 1.68. The highest BCUT2D eigenvalue weighted by Crippen LogP contribution is 1.68. The topological polar surface area (TPSA) is 117 Å². The van der Waals surface area contributed by atoms with E-state index in [-0.39, 0.29) is 25.0 Å². The van der Waals surface area contributed by atoms with E-state index in [2.05, 4.69) is 10.3 Å². The monoisotopic (exact) mass is 155 g/mol. The lowest BCUT2D eigenvalue weighted by Crippen LogP contribution is -2.29. The number of rotatable bonds is 3. The molecule has 0 aliphatic carbocycles. The quantitative estimate of drug-likeness (QED) is 0.246. The van der Waals surface area contributed by atoms with Gasteiger partial charge in [0.25, 0.3) is 0 Å². The third-order valence-electron chi connectivity index (χ3n) is 0.770. The SMILES string of the molecule is N#CCNC(=O)CN=C(N)N. The van der Waals surface area contributed by atoms with Crippen LogP contribution in [0.4, 0.5) is 0 Å². The standard InChI is InChI=1S/C5H9N5O/c6-1-2-9-4(11)3-10-5(7)8/h2-3H2,(H,9,11)(H4,7,8,10). The Labute approximate surface area is 63.9 Å². The Morgan fingerprint density at radius 2 is 2.27 bits per heavy atom. The minimum absolute atomic E-state index is 0.0289. The number of nitrogens with two attached hydrogens (primary N) is 2. The molecule has 1 amide bonds. The van der Waals surface area contributed by atoms with E-state index in [1.165, 1.54) is 0 Å². The van der Waals surface area contributed by atoms with Crippen LogP contribution >= 0.6 is 0 Å². The summed E-state index contributed by atoms with van der Waals surface area (Å²) >= 11 is 0. The van der Waals surface area contributed by atoms with Gasteiger partial charge in [-0.2, -0.15) is 5.26 Å². The predicted octanol–water partition coefficient (Wildman–Crippen LogP) is -2.10. The van der Waals surface area contributed by atoms with Crippen LogP contribution in [0.3, 0.4) is 0 Å². The molecule has 5 N–H and O–H groups in total. The fraction of sp³-hybridized carbons (Fsp3) is 0.400. The van der Waals surface area contributed by atoms with E-state index in [1.807, 2.05) is 0 Å². The number of amides is 1. The van der Waals surface area contributed by atoms with Crippen LogP contribution in [0.5, 0.6) is 0 Å². The Morgan fingerprint density at radius 3 is 2.73 bits per heavy atom. The Balaban J connectivity index is 3.55. The molecule has 11 heavy (non-hydrogen) atoms. The van der Waals surface area contributed by atoms with Crippen molar-refractivity contribution < 1.29 is 4.79 Å². The lowest BCUT2D eigenvalue weighted by molar-refractivity contribution is -0.119. The van der Waals surface area contributed by atoms with Crippen molar-refractivity contribution in [3.63, 3.8) is 0 Å². The molecule has 0 saturated carbocycles. The van der Waals surface area contributed by atoms with Crippen molar-refractivity contribution >= 4 is 11.9 Å². The number of carbonyl (C=O) groups excluding carboxylic acids is 1. The Hall–Kier alpha value is -1.77. The number of nitrogens with zero attached hydrogens (tertiary/aromatic N) is 2. The van der Waals surface area contributed by atoms with Crippen molar-refractivity contribution in [3.05, 3.63) is 0 Å². The van der Waals surface area contributed by atoms with Gasteiger partial charge in [-0.3, -0.25) is 4.79 Å². The summed E-state index contributed by atoms with van der Waals surface area (Å²) in [7, 11) is 0. The van der Waals surface area contributed by atoms with Crippen molar-refractivity contribution in [2.45, 2.75) is 0 Å². The first kappa shape index (κ1) is 9.23. The molecule has 0 aliphatic rings. The summed E-state index contributed by atoms with van der Waals surface area (Å²) in [5.41, 5.74) is 9.90. The average Bonchev–Trinajstić information content (AvgIpc) is 1.97. The molecule has 0 aromatic heterocycles. The maximum absolute atomic E-state index is 10.6. The van der Waals surface area contributed by atoms with Gasteiger partial charge in [-0.25, -0.2) is 4.99 Å². The van der Waals surface area contributed by atoms with Crippen LogP contribution in [0, 0.1) is 11.3 Å². The van der Waals surface area contributed by atoms with Crippen LogP contribution in [0.25, 0.3) is 0 Å². The van der Waals surface area contributed by atoms with Crippen LogP contribution in [-0.2, 0) is 4.79 Å². The molecule has 0 saturated heterocycles. The number of guanidine groups is 1. The molecule has 6 nitrogen and oxygen atoms in total. The van der Waals surface area contributed by atoms with Gasteiger partial charge in [0.2, 0.25) is 5.91 Å². The van der Waals surface area contributed by atoms with Crippen molar-refractivity contribution in [1.29, 1.82) is 5.26 Å². The highest BCUT2D eigenvalue weighted by Gasteiger charge is 1.96. The molecule has 60 valence electrons. The predicted molar refractivity (Wildman–Crippen MR) is 39.3 cm³/mol. The summed E-state index contributed by atoms with van der Waals surface area (Å²) in [6.45, 7) is -0.164. The Kier molecular flexibility index (Phi) is 4.24. The normalized spacial score (nSPS) is 7.91. The molecular formula is C5H9N5O. The first-order valence-electron chi connectivity index (χ1n) is 2.86. The van der Waals surface area contributed by atoms with E-state index < -0.39 is 0 Å². The fourth-order valence-corrected chi connectivity index (χ4v) is 0.357. The molecule has 0 heterocycles. The van der Waals surface area contributed by atoms with Crippen LogP contribution in [0.2, 0.25) is 0 Å². The number of nitrogens with one attached hydrogen (secondary N) is 1. The Morgan fingerprint density at radius 1 is 1.64 bits per heavy atom. The molecule has 0 aromatic carbocycles. The Bertz CT molecular complexity index is 199. The van der Waals surface area contributed by atoms with Crippen LogP contribution in [0.15, 0.2) is 4.99 Å². The lowest BCUT2D eigenvalue weighted by atomic mass is 10.5. The maximum Gasteiger partial charge on any atom is 0.242 e. The van der Waals surface area contributed by atoms with Gasteiger partial charge in [0, 0.05) is 0 Å². The summed E-state index contributed by atoms with van der Waals surface area (Å²) in [6, 6.07) is 1.74. The van der Waals surface area contributed by atoms with Crippen molar-refractivity contribution in [3.8, 4) is 6.07 Å². The largest absolute Gasteiger partial charge is 0.370 e. The molecule has 0 unspecified atom stereocenters. The zero-order valence-electron chi connectivity index (χ0n) is 5.87. The molecular weight excluding hydrogens is 146 g/mol. The van der Waals surface area contributed by atoms with Gasteiger partial charge in [-0.15, -0.1) is 0 Å². The average molecular weight is 155 g/mol. The first-order chi connectivity index (χ1) is 5.16. The first-order valence-corrected chi connectivity index (χ1v) is 2.86. The van der Waals surface area contributed by atoms with Gasteiger partial charge in [-0.05, 0) is 0 Å². The lowest BCUT2D eigenvalue weighted by Gasteiger charge is -1.95. The smallest absolute Gasteiger partial charge is 0.242 e. The van der Waals surface area contributed by atoms with E-state index in [9.17, 15) is 4.79 Å². The van der Waals surface area contributed by atoms with E-state index in [0.29, 0.717) is 0 Å². The third kappa shape index (κ3) is 6.11. The van der Waals surface area contributed by atoms with Crippen molar-refractivity contribution in [1.82, 2.24) is 5.32 Å². The van der Waals surface area contributed by atoms with E-state index >= 15 is 0 Å². The molecule has 0 spiro atoms. The molecule has 0 bridgehead atoms. The molecule has 0 atom stereocenters. The molecule has 0 radical (unpaired) electrons. The highest BCUT2D eigenvalue weighted by molar-refractivity contribution is 5.83. The summed E-state index contributed by atoms with van der Waals surface area (Å²) in [5, 5.41) is 10.3. The van der Waals surface area contributed by atoms with Gasteiger partial charge in [0.05, 0.1) is 6.07 Å². The minimum atomic E-state index is -0.375. The van der Waals surface area contributed by atoms with Crippen LogP contribution in [0.1, 0.15) is 0 Å². The summed E-state index contributed by atoms with van der Waals surface area (Å²) in [6.07, 6.45) is 0. The fourth-order valence-electron chi connectivity index (χ4n) is 0.357. The minimum Gasteiger partial charge on any atom is -0.370 e. The number of hydrogen-bond donors (Lipinski definition) is 3. The van der Waals surface area contributed by atoms with Gasteiger partial charge in [0.1, 0.15) is 13.1 Å². The van der Waals surface area contributed by atoms with E-state index in [0.717, 1.165) is 0 Å². The van der Waals surface area contributed by atoms with Gasteiger partial charge < -0.3 is 16.8 Å². The molecule has 0 aliphatic heterocycles. The molecule has 0 fully saturated rings. The van der Waals surface area contributed by atoms with Crippen molar-refractivity contribution in [2.75, 3.05) is 13.1 Å². The second kappa shape index (κ2) is 5.05. The zero-order valence-corrected chi connectivity index (χ0v) is 5.87. The van der Waals surface area contributed by atoms with E-state index in [1.54, 1.807) is 6.07 Å². The maximum atomic E-state index is 10.6. The second-order valence-corrected chi connectivity index (χ2v) is 1.68. The summed E-state index contributed by atoms with van der Waals surface area (Å²) in [5.74, 6) is -0.517. The number of nitriles is 1. The van der Waals surface area contributed by atoms with Crippen molar-refractivity contribution in [2.24, 2.45) is 16.5 Å². The highest BCUT2D eigenvalue weighted by atomic mass is 16.1.